The fourth-order valence-corrected chi connectivity index (χ4v) is 3.67. The van der Waals surface area contributed by atoms with E-state index in [9.17, 15) is 8.42 Å². The fourth-order valence-electron chi connectivity index (χ4n) is 1.59. The first-order chi connectivity index (χ1) is 9.04. The van der Waals surface area contributed by atoms with Crippen LogP contribution in [-0.2, 0) is 10.0 Å². The van der Waals surface area contributed by atoms with Gasteiger partial charge in [-0.25, -0.2) is 18.1 Å². The minimum absolute atomic E-state index is 0.0130. The lowest BCUT2D eigenvalue weighted by atomic mass is 10.2. The largest absolute Gasteiger partial charge is 0.248 e. The van der Waals surface area contributed by atoms with Gasteiger partial charge in [0.15, 0.2) is 0 Å². The average Bonchev–Trinajstić information content (AvgIpc) is 2.92. The van der Waals surface area contributed by atoms with E-state index in [0.29, 0.717) is 5.01 Å². The Labute approximate surface area is 115 Å². The summed E-state index contributed by atoms with van der Waals surface area (Å²) in [5.74, 6) is 0. The van der Waals surface area contributed by atoms with Crippen molar-refractivity contribution in [2.45, 2.75) is 17.9 Å². The van der Waals surface area contributed by atoms with Crippen molar-refractivity contribution in [2.75, 3.05) is 0 Å². The lowest BCUT2D eigenvalue weighted by Gasteiger charge is -2.12. The van der Waals surface area contributed by atoms with Crippen molar-refractivity contribution in [2.24, 2.45) is 0 Å². The Morgan fingerprint density at radius 1 is 1.42 bits per heavy atom. The molecule has 1 N–H and O–H groups in total. The molecular formula is C12H11N3O2S2. The average molecular weight is 293 g/mol. The highest BCUT2D eigenvalue weighted by Crippen LogP contribution is 2.20. The molecule has 0 aliphatic rings. The first kappa shape index (κ1) is 13.7. The molecule has 0 fully saturated rings. The molecule has 0 saturated heterocycles. The van der Waals surface area contributed by atoms with Crippen LogP contribution in [0.4, 0.5) is 0 Å². The Hall–Kier alpha value is -1.75. The molecule has 0 aliphatic heterocycles. The summed E-state index contributed by atoms with van der Waals surface area (Å²) in [6, 6.07) is 7.54. The van der Waals surface area contributed by atoms with Crippen molar-refractivity contribution in [1.29, 1.82) is 5.26 Å². The summed E-state index contributed by atoms with van der Waals surface area (Å²) in [5.41, 5.74) is 0.126. The Bertz CT molecular complexity index is 703. The smallest absolute Gasteiger partial charge is 0.242 e. The van der Waals surface area contributed by atoms with Crippen LogP contribution in [0.15, 0.2) is 40.7 Å². The molecule has 2 rings (SSSR count). The molecule has 1 heterocycles. The second kappa shape index (κ2) is 5.48. The zero-order chi connectivity index (χ0) is 13.9. The molecule has 98 valence electrons. The summed E-state index contributed by atoms with van der Waals surface area (Å²) >= 11 is 1.37. The third kappa shape index (κ3) is 2.98. The van der Waals surface area contributed by atoms with E-state index in [1.807, 2.05) is 6.07 Å². The van der Waals surface area contributed by atoms with Crippen LogP contribution in [0.25, 0.3) is 0 Å². The number of rotatable bonds is 4. The van der Waals surface area contributed by atoms with Crippen molar-refractivity contribution in [3.05, 3.63) is 46.4 Å². The predicted molar refractivity (Wildman–Crippen MR) is 72.0 cm³/mol. The van der Waals surface area contributed by atoms with Gasteiger partial charge >= 0.3 is 0 Å². The van der Waals surface area contributed by atoms with Crippen molar-refractivity contribution >= 4 is 21.4 Å². The second-order valence-corrected chi connectivity index (χ2v) is 6.43. The highest BCUT2D eigenvalue weighted by atomic mass is 32.2. The quantitative estimate of drug-likeness (QED) is 0.935. The summed E-state index contributed by atoms with van der Waals surface area (Å²) < 4.78 is 27.0. The third-order valence-electron chi connectivity index (χ3n) is 2.45. The van der Waals surface area contributed by atoms with E-state index in [4.69, 9.17) is 5.26 Å². The van der Waals surface area contributed by atoms with Crippen molar-refractivity contribution in [1.82, 2.24) is 9.71 Å². The Morgan fingerprint density at radius 2 is 2.16 bits per heavy atom. The number of nitriles is 1. The van der Waals surface area contributed by atoms with Gasteiger partial charge in [0, 0.05) is 11.6 Å². The lowest BCUT2D eigenvalue weighted by molar-refractivity contribution is 0.566. The van der Waals surface area contributed by atoms with Crippen LogP contribution in [0.1, 0.15) is 23.5 Å². The number of hydrogen-bond donors (Lipinski definition) is 1. The number of nitrogens with one attached hydrogen (secondary N) is 1. The molecule has 1 aromatic carbocycles. The van der Waals surface area contributed by atoms with Crippen LogP contribution in [0.5, 0.6) is 0 Å². The number of hydrogen-bond acceptors (Lipinski definition) is 5. The molecule has 0 aliphatic carbocycles. The Morgan fingerprint density at radius 3 is 2.79 bits per heavy atom. The summed E-state index contributed by atoms with van der Waals surface area (Å²) in [5, 5.41) is 11.4. The number of benzene rings is 1. The maximum atomic E-state index is 12.2. The van der Waals surface area contributed by atoms with E-state index < -0.39 is 16.1 Å². The van der Waals surface area contributed by atoms with E-state index in [-0.39, 0.29) is 10.5 Å². The highest BCUT2D eigenvalue weighted by molar-refractivity contribution is 7.89. The molecule has 0 saturated carbocycles. The van der Waals surface area contributed by atoms with Crippen LogP contribution >= 0.6 is 11.3 Å². The van der Waals surface area contributed by atoms with Gasteiger partial charge in [-0.2, -0.15) is 5.26 Å². The van der Waals surface area contributed by atoms with E-state index in [0.717, 1.165) is 0 Å². The lowest BCUT2D eigenvalue weighted by Crippen LogP contribution is -2.27. The van der Waals surface area contributed by atoms with Gasteiger partial charge in [0.2, 0.25) is 10.0 Å². The molecule has 1 unspecified atom stereocenters. The van der Waals surface area contributed by atoms with Crippen molar-refractivity contribution in [3.8, 4) is 6.07 Å². The van der Waals surface area contributed by atoms with Crippen LogP contribution in [-0.4, -0.2) is 13.4 Å². The highest BCUT2D eigenvalue weighted by Gasteiger charge is 2.22. The predicted octanol–water partition coefficient (Wildman–Crippen LogP) is 2.05. The topological polar surface area (TPSA) is 82.9 Å². The van der Waals surface area contributed by atoms with E-state index in [1.165, 1.54) is 23.5 Å². The van der Waals surface area contributed by atoms with E-state index in [2.05, 4.69) is 9.71 Å². The van der Waals surface area contributed by atoms with Gasteiger partial charge in [-0.05, 0) is 19.1 Å². The molecule has 1 atom stereocenters. The molecular weight excluding hydrogens is 282 g/mol. The fraction of sp³-hybridized carbons (Fsp3) is 0.167. The molecule has 5 nitrogen and oxygen atoms in total. The number of sulfonamides is 1. The SMILES string of the molecule is CC(NS(=O)(=O)c1ccccc1C#N)c1nccs1. The van der Waals surface area contributed by atoms with Gasteiger partial charge in [0.05, 0.1) is 16.5 Å². The molecule has 7 heteroatoms. The maximum Gasteiger partial charge on any atom is 0.242 e. The third-order valence-corrected chi connectivity index (χ3v) is 5.01. The zero-order valence-electron chi connectivity index (χ0n) is 10.1. The van der Waals surface area contributed by atoms with Crippen LogP contribution in [0, 0.1) is 11.3 Å². The maximum absolute atomic E-state index is 12.2. The standard InChI is InChI=1S/C12H11N3O2S2/c1-9(12-14-6-7-18-12)15-19(16,17)11-5-3-2-4-10(11)8-13/h2-7,9,15H,1H3. The minimum atomic E-state index is -3.73. The summed E-state index contributed by atoms with van der Waals surface area (Å²) in [6.45, 7) is 1.71. The van der Waals surface area contributed by atoms with Gasteiger partial charge in [-0.15, -0.1) is 11.3 Å². The molecule has 2 aromatic rings. The number of nitrogens with zero attached hydrogens (tertiary/aromatic N) is 2. The van der Waals surface area contributed by atoms with Gasteiger partial charge in [0.25, 0.3) is 0 Å². The summed E-state index contributed by atoms with van der Waals surface area (Å²) in [6.07, 6.45) is 1.62. The van der Waals surface area contributed by atoms with Gasteiger partial charge in [-0.1, -0.05) is 12.1 Å². The molecule has 1 aromatic heterocycles. The zero-order valence-corrected chi connectivity index (χ0v) is 11.7. The monoisotopic (exact) mass is 293 g/mol. The molecule has 0 amide bonds. The van der Waals surface area contributed by atoms with Crippen LogP contribution in [0.3, 0.4) is 0 Å². The van der Waals surface area contributed by atoms with E-state index in [1.54, 1.807) is 30.6 Å². The van der Waals surface area contributed by atoms with Crippen molar-refractivity contribution in [3.63, 3.8) is 0 Å². The summed E-state index contributed by atoms with van der Waals surface area (Å²) in [7, 11) is -3.73. The first-order valence-electron chi connectivity index (χ1n) is 5.45. The number of thiazole rings is 1. The molecule has 0 spiro atoms. The van der Waals surface area contributed by atoms with Crippen LogP contribution in [0.2, 0.25) is 0 Å². The Kier molecular flexibility index (Phi) is 3.95. The van der Waals surface area contributed by atoms with Gasteiger partial charge < -0.3 is 0 Å². The summed E-state index contributed by atoms with van der Waals surface area (Å²) in [4.78, 5) is 4.05. The molecule has 0 bridgehead atoms. The first-order valence-corrected chi connectivity index (χ1v) is 7.82. The second-order valence-electron chi connectivity index (χ2n) is 3.82. The van der Waals surface area contributed by atoms with Gasteiger partial charge in [-0.3, -0.25) is 0 Å². The van der Waals surface area contributed by atoms with Gasteiger partial charge in [0.1, 0.15) is 11.1 Å². The normalized spacial score (nSPS) is 12.8. The number of aromatic nitrogens is 1. The minimum Gasteiger partial charge on any atom is -0.248 e. The Balaban J connectivity index is 2.31. The van der Waals surface area contributed by atoms with Crippen molar-refractivity contribution < 1.29 is 8.42 Å². The van der Waals surface area contributed by atoms with E-state index >= 15 is 0 Å². The molecule has 19 heavy (non-hydrogen) atoms. The van der Waals surface area contributed by atoms with Crippen LogP contribution < -0.4 is 4.72 Å². The molecule has 0 radical (unpaired) electrons.